The van der Waals surface area contributed by atoms with Crippen molar-refractivity contribution in [1.82, 2.24) is 0 Å². The highest BCUT2D eigenvalue weighted by Crippen LogP contribution is 2.33. The fourth-order valence-electron chi connectivity index (χ4n) is 1.49. The highest BCUT2D eigenvalue weighted by Gasteiger charge is 2.04. The molecule has 0 spiro atoms. The van der Waals surface area contributed by atoms with E-state index in [9.17, 15) is 0 Å². The van der Waals surface area contributed by atoms with Crippen LogP contribution in [0.1, 0.15) is 0 Å². The van der Waals surface area contributed by atoms with Crippen molar-refractivity contribution in [3.63, 3.8) is 0 Å². The minimum atomic E-state index is 0. The Balaban J connectivity index is 0.00000128. The molecule has 2 N–H and O–H groups in total. The fraction of sp³-hybridized carbons (Fsp3) is 0.167. The van der Waals surface area contributed by atoms with E-state index in [2.05, 4.69) is 18.2 Å². The van der Waals surface area contributed by atoms with Crippen molar-refractivity contribution in [3.05, 3.63) is 41.4 Å². The van der Waals surface area contributed by atoms with Crippen molar-refractivity contribution in [2.75, 3.05) is 12.3 Å². The molecule has 1 nitrogen and oxygen atoms in total. The van der Waals surface area contributed by atoms with E-state index in [0.717, 1.165) is 21.1 Å². The Morgan fingerprint density at radius 1 is 1.12 bits per heavy atom. The molecule has 0 aliphatic rings. The quantitative estimate of drug-likeness (QED) is 0.857. The zero-order valence-corrected chi connectivity index (χ0v) is 11.0. The molecule has 0 unspecified atom stereocenters. The Kier molecular flexibility index (Phi) is 5.42. The molecule has 0 saturated carbocycles. The molecule has 2 rings (SSSR count). The second-order valence-corrected chi connectivity index (χ2v) is 4.75. The number of halogens is 2. The van der Waals surface area contributed by atoms with Gasteiger partial charge < -0.3 is 5.73 Å². The van der Waals surface area contributed by atoms with Gasteiger partial charge in [0.25, 0.3) is 0 Å². The molecular formula is C12H13Cl2NS. The minimum Gasteiger partial charge on any atom is -0.330 e. The summed E-state index contributed by atoms with van der Waals surface area (Å²) in [4.78, 5) is 1.11. The van der Waals surface area contributed by atoms with Crippen molar-refractivity contribution < 1.29 is 0 Å². The molecule has 0 amide bonds. The average molecular weight is 274 g/mol. The number of benzene rings is 2. The van der Waals surface area contributed by atoms with Gasteiger partial charge in [-0.1, -0.05) is 41.9 Å². The Labute approximate surface area is 111 Å². The lowest BCUT2D eigenvalue weighted by Gasteiger charge is -2.06. The van der Waals surface area contributed by atoms with Crippen LogP contribution in [0.4, 0.5) is 0 Å². The van der Waals surface area contributed by atoms with Crippen LogP contribution in [-0.4, -0.2) is 12.3 Å². The topological polar surface area (TPSA) is 26.0 Å². The van der Waals surface area contributed by atoms with E-state index >= 15 is 0 Å². The summed E-state index contributed by atoms with van der Waals surface area (Å²) >= 11 is 8.02. The van der Waals surface area contributed by atoms with Crippen molar-refractivity contribution >= 4 is 46.5 Å². The molecule has 0 aliphatic carbocycles. The van der Waals surface area contributed by atoms with Gasteiger partial charge in [-0.3, -0.25) is 0 Å². The van der Waals surface area contributed by atoms with E-state index in [0.29, 0.717) is 6.54 Å². The van der Waals surface area contributed by atoms with Gasteiger partial charge in [-0.05, 0) is 11.5 Å². The molecule has 0 heterocycles. The number of fused-ring (bicyclic) bond motifs is 1. The fourth-order valence-corrected chi connectivity index (χ4v) is 2.63. The summed E-state index contributed by atoms with van der Waals surface area (Å²) in [5, 5.41) is 3.13. The van der Waals surface area contributed by atoms with Gasteiger partial charge in [0.1, 0.15) is 0 Å². The lowest BCUT2D eigenvalue weighted by Crippen LogP contribution is -2.00. The summed E-state index contributed by atoms with van der Waals surface area (Å²) in [5.74, 6) is 0.901. The molecule has 0 aromatic heterocycles. The van der Waals surface area contributed by atoms with Crippen molar-refractivity contribution in [2.45, 2.75) is 4.90 Å². The van der Waals surface area contributed by atoms with Crippen LogP contribution in [0, 0.1) is 0 Å². The van der Waals surface area contributed by atoms with Crippen LogP contribution in [-0.2, 0) is 0 Å². The normalized spacial score (nSPS) is 10.1. The summed E-state index contributed by atoms with van der Waals surface area (Å²) in [6.45, 7) is 0.674. The molecule has 86 valence electrons. The van der Waals surface area contributed by atoms with Gasteiger partial charge in [0.15, 0.2) is 0 Å². The van der Waals surface area contributed by atoms with E-state index < -0.39 is 0 Å². The van der Waals surface area contributed by atoms with E-state index in [4.69, 9.17) is 17.3 Å². The molecule has 4 heteroatoms. The summed E-state index contributed by atoms with van der Waals surface area (Å²) in [7, 11) is 0. The Bertz CT molecular complexity index is 474. The van der Waals surface area contributed by atoms with Crippen LogP contribution in [0.25, 0.3) is 10.8 Å². The Morgan fingerprint density at radius 2 is 1.88 bits per heavy atom. The monoisotopic (exact) mass is 273 g/mol. The van der Waals surface area contributed by atoms with Gasteiger partial charge in [-0.15, -0.1) is 24.2 Å². The predicted octanol–water partition coefficient (Wildman–Crippen LogP) is 3.97. The molecule has 0 fully saturated rings. The molecule has 0 radical (unpaired) electrons. The Morgan fingerprint density at radius 3 is 2.62 bits per heavy atom. The first-order valence-electron chi connectivity index (χ1n) is 4.83. The number of hydrogen-bond acceptors (Lipinski definition) is 2. The first-order chi connectivity index (χ1) is 7.33. The summed E-state index contributed by atoms with van der Waals surface area (Å²) < 4.78 is 0. The van der Waals surface area contributed by atoms with Crippen LogP contribution >= 0.6 is 35.8 Å². The van der Waals surface area contributed by atoms with E-state index in [1.807, 2.05) is 18.2 Å². The van der Waals surface area contributed by atoms with Crippen LogP contribution in [0.3, 0.4) is 0 Å². The highest BCUT2D eigenvalue weighted by atomic mass is 35.5. The largest absolute Gasteiger partial charge is 0.330 e. The summed E-state index contributed by atoms with van der Waals surface area (Å²) in [6.07, 6.45) is 0. The summed E-state index contributed by atoms with van der Waals surface area (Å²) in [6, 6.07) is 12.3. The predicted molar refractivity (Wildman–Crippen MR) is 76.0 cm³/mol. The molecule has 0 bridgehead atoms. The number of thioether (sulfide) groups is 1. The summed E-state index contributed by atoms with van der Waals surface area (Å²) in [5.41, 5.74) is 5.48. The van der Waals surface area contributed by atoms with E-state index in [1.165, 1.54) is 5.39 Å². The zero-order chi connectivity index (χ0) is 10.7. The maximum atomic E-state index is 6.32. The smallest absolute Gasteiger partial charge is 0.0620 e. The molecule has 0 saturated heterocycles. The van der Waals surface area contributed by atoms with Gasteiger partial charge in [0.2, 0.25) is 0 Å². The van der Waals surface area contributed by atoms with Gasteiger partial charge >= 0.3 is 0 Å². The van der Waals surface area contributed by atoms with Gasteiger partial charge in [-0.2, -0.15) is 0 Å². The van der Waals surface area contributed by atoms with Crippen molar-refractivity contribution in [2.24, 2.45) is 5.73 Å². The number of hydrogen-bond donors (Lipinski definition) is 1. The maximum Gasteiger partial charge on any atom is 0.0620 e. The average Bonchev–Trinajstić information content (AvgIpc) is 2.29. The van der Waals surface area contributed by atoms with Crippen LogP contribution < -0.4 is 5.73 Å². The zero-order valence-electron chi connectivity index (χ0n) is 8.65. The standard InChI is InChI=1S/C12H12ClNS.ClH/c13-12-10-4-2-1-3-9(10)5-6-11(12)15-8-7-14;/h1-6H,7-8,14H2;1H. The highest BCUT2D eigenvalue weighted by molar-refractivity contribution is 7.99. The molecule has 2 aromatic carbocycles. The van der Waals surface area contributed by atoms with Gasteiger partial charge in [-0.25, -0.2) is 0 Å². The lowest BCUT2D eigenvalue weighted by atomic mass is 10.1. The molecule has 16 heavy (non-hydrogen) atoms. The second kappa shape index (κ2) is 6.36. The van der Waals surface area contributed by atoms with E-state index in [-0.39, 0.29) is 12.4 Å². The number of rotatable bonds is 3. The molecule has 2 aromatic rings. The third-order valence-electron chi connectivity index (χ3n) is 2.20. The van der Waals surface area contributed by atoms with E-state index in [1.54, 1.807) is 11.8 Å². The second-order valence-electron chi connectivity index (χ2n) is 3.24. The van der Waals surface area contributed by atoms with Gasteiger partial charge in [0.05, 0.1) is 5.02 Å². The first-order valence-corrected chi connectivity index (χ1v) is 6.19. The first kappa shape index (κ1) is 13.7. The van der Waals surface area contributed by atoms with Crippen LogP contribution in [0.2, 0.25) is 5.02 Å². The maximum absolute atomic E-state index is 6.32. The van der Waals surface area contributed by atoms with Crippen molar-refractivity contribution in [3.8, 4) is 0 Å². The van der Waals surface area contributed by atoms with Crippen LogP contribution in [0.5, 0.6) is 0 Å². The Hall–Kier alpha value is -0.410. The third kappa shape index (κ3) is 2.83. The van der Waals surface area contributed by atoms with Crippen molar-refractivity contribution in [1.29, 1.82) is 0 Å². The SMILES string of the molecule is Cl.NCCSc1ccc2ccccc2c1Cl. The minimum absolute atomic E-state index is 0. The molecular weight excluding hydrogens is 261 g/mol. The van der Waals surface area contributed by atoms with Gasteiger partial charge in [0, 0.05) is 22.6 Å². The lowest BCUT2D eigenvalue weighted by molar-refractivity contribution is 1.15. The van der Waals surface area contributed by atoms with Crippen LogP contribution in [0.15, 0.2) is 41.3 Å². The number of nitrogens with two attached hydrogens (primary N) is 1. The molecule has 0 atom stereocenters. The third-order valence-corrected chi connectivity index (χ3v) is 3.81. The molecule has 0 aliphatic heterocycles.